The van der Waals surface area contributed by atoms with Gasteiger partial charge in [0.2, 0.25) is 0 Å². The van der Waals surface area contributed by atoms with Crippen molar-refractivity contribution in [3.63, 3.8) is 0 Å². The summed E-state index contributed by atoms with van der Waals surface area (Å²) >= 11 is 0. The normalized spacial score (nSPS) is 16.9. The van der Waals surface area contributed by atoms with Gasteiger partial charge in [-0.25, -0.2) is 0 Å². The van der Waals surface area contributed by atoms with Crippen molar-refractivity contribution < 1.29 is 14.8 Å². The maximum Gasteiger partial charge on any atom is 0.277 e. The van der Waals surface area contributed by atoms with Crippen LogP contribution >= 0.6 is 0 Å². The molecule has 0 amide bonds. The zero-order valence-electron chi connectivity index (χ0n) is 13.2. The second-order valence-corrected chi connectivity index (χ2v) is 5.79. The minimum absolute atomic E-state index is 0.0471. The molecule has 0 unspecified atom stereocenters. The van der Waals surface area contributed by atoms with Gasteiger partial charge in [0.25, 0.3) is 5.69 Å². The average Bonchev–Trinajstić information content (AvgIpc) is 3.04. The molecular weight excluding hydrogens is 312 g/mol. The molecule has 1 aliphatic rings. The Hall–Kier alpha value is -2.29. The van der Waals surface area contributed by atoms with Crippen LogP contribution in [0, 0.1) is 10.1 Å². The number of benzene rings is 1. The van der Waals surface area contributed by atoms with Crippen LogP contribution in [0.4, 0.5) is 5.69 Å². The standard InChI is InChI=1S/C16H20N4O4/c21-14(11-18-5-7-24-8-6-18)12-19-10-13(9-17-19)15-3-1-2-4-16(15)20(22)23/h1-4,9-10,14,21H,5-8,11-12H2/t14-/m0/s1. The molecule has 1 aromatic heterocycles. The molecule has 24 heavy (non-hydrogen) atoms. The van der Waals surface area contributed by atoms with Gasteiger partial charge in [0.05, 0.1) is 42.5 Å². The van der Waals surface area contributed by atoms with Crippen LogP contribution in [0.25, 0.3) is 11.1 Å². The molecular formula is C16H20N4O4. The number of nitro groups is 1. The van der Waals surface area contributed by atoms with E-state index in [1.54, 1.807) is 35.3 Å². The fourth-order valence-electron chi connectivity index (χ4n) is 2.83. The molecule has 1 N–H and O–H groups in total. The number of rotatable bonds is 6. The second-order valence-electron chi connectivity index (χ2n) is 5.79. The summed E-state index contributed by atoms with van der Waals surface area (Å²) in [6.07, 6.45) is 2.76. The third-order valence-corrected chi connectivity index (χ3v) is 4.02. The molecule has 0 bridgehead atoms. The number of nitro benzene ring substituents is 1. The Morgan fingerprint density at radius 3 is 2.79 bits per heavy atom. The first kappa shape index (κ1) is 16.6. The predicted molar refractivity (Wildman–Crippen MR) is 87.6 cm³/mol. The lowest BCUT2D eigenvalue weighted by atomic mass is 10.1. The van der Waals surface area contributed by atoms with E-state index in [1.165, 1.54) is 6.07 Å². The third-order valence-electron chi connectivity index (χ3n) is 4.02. The number of ether oxygens (including phenoxy) is 1. The van der Waals surface area contributed by atoms with E-state index in [9.17, 15) is 15.2 Å². The molecule has 0 radical (unpaired) electrons. The molecule has 0 aliphatic carbocycles. The van der Waals surface area contributed by atoms with E-state index in [2.05, 4.69) is 10.00 Å². The summed E-state index contributed by atoms with van der Waals surface area (Å²) in [7, 11) is 0. The number of hydrogen-bond acceptors (Lipinski definition) is 6. The van der Waals surface area contributed by atoms with E-state index in [-0.39, 0.29) is 5.69 Å². The fourth-order valence-corrected chi connectivity index (χ4v) is 2.83. The second kappa shape index (κ2) is 7.52. The highest BCUT2D eigenvalue weighted by Gasteiger charge is 2.18. The van der Waals surface area contributed by atoms with E-state index in [1.807, 2.05) is 0 Å². The number of β-amino-alcohol motifs (C(OH)–C–C–N with tert-alkyl or cyclic N) is 1. The van der Waals surface area contributed by atoms with Gasteiger partial charge in [0.15, 0.2) is 0 Å². The van der Waals surface area contributed by atoms with Crippen LogP contribution in [0.15, 0.2) is 36.7 Å². The van der Waals surface area contributed by atoms with Crippen LogP contribution in [-0.4, -0.2) is 63.7 Å². The Bertz CT molecular complexity index is 697. The summed E-state index contributed by atoms with van der Waals surface area (Å²) in [5.74, 6) is 0. The first-order chi connectivity index (χ1) is 11.6. The number of morpholine rings is 1. The Morgan fingerprint density at radius 1 is 1.29 bits per heavy atom. The molecule has 1 atom stereocenters. The average molecular weight is 332 g/mol. The van der Waals surface area contributed by atoms with Crippen LogP contribution in [0.5, 0.6) is 0 Å². The maximum atomic E-state index is 11.1. The maximum absolute atomic E-state index is 11.1. The van der Waals surface area contributed by atoms with E-state index in [0.29, 0.717) is 37.4 Å². The highest BCUT2D eigenvalue weighted by atomic mass is 16.6. The number of aliphatic hydroxyl groups is 1. The number of aromatic nitrogens is 2. The molecule has 1 saturated heterocycles. The van der Waals surface area contributed by atoms with Crippen LogP contribution in [0.2, 0.25) is 0 Å². The van der Waals surface area contributed by atoms with Gasteiger partial charge < -0.3 is 9.84 Å². The fraction of sp³-hybridized carbons (Fsp3) is 0.438. The number of nitrogens with zero attached hydrogens (tertiary/aromatic N) is 4. The smallest absolute Gasteiger partial charge is 0.277 e. The monoisotopic (exact) mass is 332 g/mol. The summed E-state index contributed by atoms with van der Waals surface area (Å²) in [5.41, 5.74) is 1.24. The van der Waals surface area contributed by atoms with Crippen molar-refractivity contribution >= 4 is 5.69 Å². The van der Waals surface area contributed by atoms with Gasteiger partial charge in [-0.05, 0) is 6.07 Å². The quantitative estimate of drug-likeness (QED) is 0.630. The third kappa shape index (κ3) is 3.97. The van der Waals surface area contributed by atoms with Crippen LogP contribution in [0.3, 0.4) is 0 Å². The Labute approximate surface area is 139 Å². The first-order valence-electron chi connectivity index (χ1n) is 7.88. The molecule has 1 fully saturated rings. The van der Waals surface area contributed by atoms with Crippen LogP contribution in [-0.2, 0) is 11.3 Å². The Morgan fingerprint density at radius 2 is 2.04 bits per heavy atom. The van der Waals surface area contributed by atoms with Gasteiger partial charge in [-0.15, -0.1) is 0 Å². The minimum atomic E-state index is -0.554. The molecule has 3 rings (SSSR count). The van der Waals surface area contributed by atoms with Crippen molar-refractivity contribution in [2.75, 3.05) is 32.8 Å². The van der Waals surface area contributed by atoms with Crippen LogP contribution < -0.4 is 0 Å². The van der Waals surface area contributed by atoms with Gasteiger partial charge in [-0.1, -0.05) is 12.1 Å². The Balaban J connectivity index is 1.66. The molecule has 8 nitrogen and oxygen atoms in total. The largest absolute Gasteiger partial charge is 0.390 e. The zero-order chi connectivity index (χ0) is 16.9. The summed E-state index contributed by atoms with van der Waals surface area (Å²) < 4.78 is 6.91. The molecule has 128 valence electrons. The van der Waals surface area contributed by atoms with Gasteiger partial charge in [0, 0.05) is 37.5 Å². The minimum Gasteiger partial charge on any atom is -0.390 e. The lowest BCUT2D eigenvalue weighted by Crippen LogP contribution is -2.42. The van der Waals surface area contributed by atoms with Crippen molar-refractivity contribution in [3.05, 3.63) is 46.8 Å². The molecule has 2 aromatic rings. The highest BCUT2D eigenvalue weighted by Crippen LogP contribution is 2.28. The van der Waals surface area contributed by atoms with Crippen molar-refractivity contribution in [1.82, 2.24) is 14.7 Å². The summed E-state index contributed by atoms with van der Waals surface area (Å²) in [4.78, 5) is 12.9. The zero-order valence-corrected chi connectivity index (χ0v) is 13.2. The van der Waals surface area contributed by atoms with E-state index in [4.69, 9.17) is 4.74 Å². The van der Waals surface area contributed by atoms with Crippen molar-refractivity contribution in [2.24, 2.45) is 0 Å². The molecule has 8 heteroatoms. The highest BCUT2D eigenvalue weighted by molar-refractivity contribution is 5.72. The molecule has 1 aliphatic heterocycles. The molecule has 0 spiro atoms. The van der Waals surface area contributed by atoms with E-state index >= 15 is 0 Å². The summed E-state index contributed by atoms with van der Waals surface area (Å²) in [6.45, 7) is 3.92. The summed E-state index contributed by atoms with van der Waals surface area (Å²) in [6, 6.07) is 6.56. The molecule has 1 aromatic carbocycles. The predicted octanol–water partition coefficient (Wildman–Crippen LogP) is 1.15. The molecule has 2 heterocycles. The number of hydrogen-bond donors (Lipinski definition) is 1. The number of para-hydroxylation sites is 1. The lowest BCUT2D eigenvalue weighted by molar-refractivity contribution is -0.384. The SMILES string of the molecule is O=[N+]([O-])c1ccccc1-c1cnn(C[C@@H](O)CN2CCOCC2)c1. The van der Waals surface area contributed by atoms with Crippen LogP contribution in [0.1, 0.15) is 0 Å². The summed E-state index contributed by atoms with van der Waals surface area (Å²) in [5, 5.41) is 25.6. The van der Waals surface area contributed by atoms with Crippen molar-refractivity contribution in [1.29, 1.82) is 0 Å². The molecule has 0 saturated carbocycles. The van der Waals surface area contributed by atoms with Gasteiger partial charge in [0.1, 0.15) is 0 Å². The van der Waals surface area contributed by atoms with Gasteiger partial charge in [-0.3, -0.25) is 19.7 Å². The lowest BCUT2D eigenvalue weighted by Gasteiger charge is -2.28. The van der Waals surface area contributed by atoms with E-state index in [0.717, 1.165) is 13.1 Å². The number of aliphatic hydroxyl groups excluding tert-OH is 1. The topological polar surface area (TPSA) is 93.7 Å². The first-order valence-corrected chi connectivity index (χ1v) is 7.88. The van der Waals surface area contributed by atoms with Gasteiger partial charge >= 0.3 is 0 Å². The van der Waals surface area contributed by atoms with Crippen molar-refractivity contribution in [2.45, 2.75) is 12.6 Å². The van der Waals surface area contributed by atoms with E-state index < -0.39 is 11.0 Å². The Kier molecular flexibility index (Phi) is 5.19. The van der Waals surface area contributed by atoms with Gasteiger partial charge in [-0.2, -0.15) is 5.10 Å². The van der Waals surface area contributed by atoms with Crippen molar-refractivity contribution in [3.8, 4) is 11.1 Å².